The Morgan fingerprint density at radius 3 is 2.41 bits per heavy atom. The first-order valence-corrected chi connectivity index (χ1v) is 10.1. The molecule has 0 atom stereocenters. The molecule has 1 aromatic rings. The summed E-state index contributed by atoms with van der Waals surface area (Å²) >= 11 is 0. The predicted molar refractivity (Wildman–Crippen MR) is 104 cm³/mol. The molecule has 0 unspecified atom stereocenters. The Hall–Kier alpha value is -2.11. The van der Waals surface area contributed by atoms with Crippen LogP contribution < -0.4 is 0 Å². The molecule has 27 heavy (non-hydrogen) atoms. The number of ketones is 1. The zero-order valence-electron chi connectivity index (χ0n) is 17.0. The van der Waals surface area contributed by atoms with Crippen molar-refractivity contribution in [3.63, 3.8) is 0 Å². The van der Waals surface area contributed by atoms with Crippen LogP contribution >= 0.6 is 0 Å². The number of H-pyrrole nitrogens is 1. The van der Waals surface area contributed by atoms with E-state index in [9.17, 15) is 14.4 Å². The molecular weight excluding hydrogens is 344 g/mol. The number of carbonyl (C=O) groups is 3. The molecule has 1 aliphatic rings. The van der Waals surface area contributed by atoms with Gasteiger partial charge in [0.2, 0.25) is 5.91 Å². The lowest BCUT2D eigenvalue weighted by molar-refractivity contribution is -0.131. The van der Waals surface area contributed by atoms with E-state index in [1.165, 1.54) is 0 Å². The SMILES string of the molecule is CCCCCCC(=O)N(CC(=O)c1c(C)[nH]c(C(=O)OCC)c1C)C1CC1. The van der Waals surface area contributed by atoms with Crippen molar-refractivity contribution in [1.82, 2.24) is 9.88 Å². The summed E-state index contributed by atoms with van der Waals surface area (Å²) in [6.07, 6.45) is 6.62. The molecular formula is C21H32N2O4. The van der Waals surface area contributed by atoms with Crippen LogP contribution in [0.3, 0.4) is 0 Å². The number of esters is 1. The maximum Gasteiger partial charge on any atom is 0.355 e. The summed E-state index contributed by atoms with van der Waals surface area (Å²) in [7, 11) is 0. The van der Waals surface area contributed by atoms with Crippen molar-refractivity contribution in [2.75, 3.05) is 13.2 Å². The van der Waals surface area contributed by atoms with Crippen molar-refractivity contribution < 1.29 is 19.1 Å². The first-order chi connectivity index (χ1) is 12.9. The van der Waals surface area contributed by atoms with Gasteiger partial charge in [0.1, 0.15) is 5.69 Å². The number of amides is 1. The van der Waals surface area contributed by atoms with Gasteiger partial charge < -0.3 is 14.6 Å². The molecule has 0 aromatic carbocycles. The number of aromatic nitrogens is 1. The van der Waals surface area contributed by atoms with E-state index in [1.54, 1.807) is 25.7 Å². The lowest BCUT2D eigenvalue weighted by Crippen LogP contribution is -2.37. The summed E-state index contributed by atoms with van der Waals surface area (Å²) in [5, 5.41) is 0. The minimum absolute atomic E-state index is 0.0680. The van der Waals surface area contributed by atoms with Gasteiger partial charge in [-0.1, -0.05) is 26.2 Å². The second kappa shape index (κ2) is 9.72. The lowest BCUT2D eigenvalue weighted by Gasteiger charge is -2.22. The van der Waals surface area contributed by atoms with Gasteiger partial charge in [-0.3, -0.25) is 9.59 Å². The molecule has 6 heteroatoms. The third kappa shape index (κ3) is 5.44. The number of nitrogens with one attached hydrogen (secondary N) is 1. The Kier molecular flexibility index (Phi) is 7.63. The third-order valence-electron chi connectivity index (χ3n) is 5.06. The predicted octanol–water partition coefficient (Wildman–Crippen LogP) is 3.95. The molecule has 0 bridgehead atoms. The van der Waals surface area contributed by atoms with Crippen LogP contribution in [0, 0.1) is 13.8 Å². The smallest absolute Gasteiger partial charge is 0.355 e. The lowest BCUT2D eigenvalue weighted by atomic mass is 10.0. The van der Waals surface area contributed by atoms with Gasteiger partial charge in [-0.2, -0.15) is 0 Å². The number of hydrogen-bond acceptors (Lipinski definition) is 4. The Labute approximate surface area is 161 Å². The van der Waals surface area contributed by atoms with Crippen molar-refractivity contribution in [3.8, 4) is 0 Å². The molecule has 1 saturated carbocycles. The van der Waals surface area contributed by atoms with Crippen molar-refractivity contribution >= 4 is 17.7 Å². The van der Waals surface area contributed by atoms with E-state index in [4.69, 9.17) is 4.74 Å². The standard InChI is InChI=1S/C21H32N2O4/c1-5-7-8-9-10-18(25)23(16-11-12-16)13-17(24)19-14(3)20(22-15(19)4)21(26)27-6-2/h16,22H,5-13H2,1-4H3. The largest absolute Gasteiger partial charge is 0.461 e. The average Bonchev–Trinajstić information content (AvgIpc) is 3.41. The normalized spacial score (nSPS) is 13.5. The highest BCUT2D eigenvalue weighted by Gasteiger charge is 2.34. The molecule has 1 fully saturated rings. The molecule has 1 aromatic heterocycles. The summed E-state index contributed by atoms with van der Waals surface area (Å²) in [6, 6.07) is 0.191. The van der Waals surface area contributed by atoms with Crippen LogP contribution in [-0.4, -0.2) is 46.7 Å². The monoisotopic (exact) mass is 376 g/mol. The molecule has 1 aliphatic carbocycles. The zero-order valence-corrected chi connectivity index (χ0v) is 17.0. The van der Waals surface area contributed by atoms with Crippen molar-refractivity contribution in [1.29, 1.82) is 0 Å². The minimum atomic E-state index is -0.455. The van der Waals surface area contributed by atoms with Gasteiger partial charge in [-0.05, 0) is 45.6 Å². The van der Waals surface area contributed by atoms with E-state index in [-0.39, 0.29) is 30.9 Å². The molecule has 6 nitrogen and oxygen atoms in total. The Morgan fingerprint density at radius 1 is 1.11 bits per heavy atom. The van der Waals surface area contributed by atoms with E-state index in [1.807, 2.05) is 0 Å². The van der Waals surface area contributed by atoms with Crippen LogP contribution in [0.5, 0.6) is 0 Å². The number of ether oxygens (including phenoxy) is 1. The number of hydrogen-bond donors (Lipinski definition) is 1. The number of aromatic amines is 1. The van der Waals surface area contributed by atoms with Gasteiger partial charge in [0.15, 0.2) is 5.78 Å². The van der Waals surface area contributed by atoms with Gasteiger partial charge in [0, 0.05) is 23.7 Å². The summed E-state index contributed by atoms with van der Waals surface area (Å²) in [4.78, 5) is 42.3. The van der Waals surface area contributed by atoms with Crippen molar-refractivity contribution in [2.45, 2.75) is 78.7 Å². The minimum Gasteiger partial charge on any atom is -0.461 e. The zero-order chi connectivity index (χ0) is 20.0. The average molecular weight is 376 g/mol. The molecule has 2 rings (SSSR count). The van der Waals surface area contributed by atoms with Gasteiger partial charge in [0.05, 0.1) is 13.2 Å². The van der Waals surface area contributed by atoms with Crippen LogP contribution in [0.4, 0.5) is 0 Å². The van der Waals surface area contributed by atoms with Crippen molar-refractivity contribution in [2.24, 2.45) is 0 Å². The van der Waals surface area contributed by atoms with Crippen LogP contribution in [0.15, 0.2) is 0 Å². The van der Waals surface area contributed by atoms with E-state index in [0.717, 1.165) is 38.5 Å². The maximum absolute atomic E-state index is 12.9. The fraction of sp³-hybridized carbons (Fsp3) is 0.667. The third-order valence-corrected chi connectivity index (χ3v) is 5.06. The Morgan fingerprint density at radius 2 is 1.81 bits per heavy atom. The fourth-order valence-corrected chi connectivity index (χ4v) is 3.46. The second-order valence-electron chi connectivity index (χ2n) is 7.33. The first kappa shape index (κ1) is 21.2. The molecule has 1 N–H and O–H groups in total. The summed E-state index contributed by atoms with van der Waals surface area (Å²) in [5.41, 5.74) is 2.07. The number of carbonyl (C=O) groups excluding carboxylic acids is 3. The highest BCUT2D eigenvalue weighted by Crippen LogP contribution is 2.29. The van der Waals surface area contributed by atoms with E-state index in [2.05, 4.69) is 11.9 Å². The number of aryl methyl sites for hydroxylation is 1. The second-order valence-corrected chi connectivity index (χ2v) is 7.33. The molecule has 1 heterocycles. The highest BCUT2D eigenvalue weighted by atomic mass is 16.5. The molecule has 0 spiro atoms. The first-order valence-electron chi connectivity index (χ1n) is 10.1. The Bertz CT molecular complexity index is 689. The quantitative estimate of drug-likeness (QED) is 0.360. The van der Waals surface area contributed by atoms with Gasteiger partial charge in [-0.15, -0.1) is 0 Å². The van der Waals surface area contributed by atoms with Crippen LogP contribution in [0.2, 0.25) is 0 Å². The Balaban J connectivity index is 2.07. The van der Waals surface area contributed by atoms with Gasteiger partial charge in [-0.25, -0.2) is 4.79 Å². The van der Waals surface area contributed by atoms with Crippen LogP contribution in [0.1, 0.15) is 90.9 Å². The van der Waals surface area contributed by atoms with E-state index >= 15 is 0 Å². The summed E-state index contributed by atoms with van der Waals surface area (Å²) in [6.45, 7) is 7.77. The molecule has 0 radical (unpaired) electrons. The number of Topliss-reactive ketones (excluding diaryl/α,β-unsaturated/α-hetero) is 1. The van der Waals surface area contributed by atoms with Crippen LogP contribution in [0.25, 0.3) is 0 Å². The maximum atomic E-state index is 12.9. The summed E-state index contributed by atoms with van der Waals surface area (Å²) < 4.78 is 5.04. The van der Waals surface area contributed by atoms with Gasteiger partial charge >= 0.3 is 5.97 Å². The molecule has 1 amide bonds. The molecule has 150 valence electrons. The topological polar surface area (TPSA) is 79.5 Å². The number of nitrogens with zero attached hydrogens (tertiary/aromatic N) is 1. The van der Waals surface area contributed by atoms with E-state index < -0.39 is 5.97 Å². The van der Waals surface area contributed by atoms with Crippen molar-refractivity contribution in [3.05, 3.63) is 22.5 Å². The highest BCUT2D eigenvalue weighted by molar-refractivity contribution is 6.04. The summed E-state index contributed by atoms with van der Waals surface area (Å²) in [5.74, 6) is -0.507. The molecule has 0 saturated heterocycles. The van der Waals surface area contributed by atoms with Gasteiger partial charge in [0.25, 0.3) is 0 Å². The number of rotatable bonds is 11. The molecule has 0 aliphatic heterocycles. The fourth-order valence-electron chi connectivity index (χ4n) is 3.46. The van der Waals surface area contributed by atoms with E-state index in [0.29, 0.717) is 28.9 Å². The number of unbranched alkanes of at least 4 members (excludes halogenated alkanes) is 3. The van der Waals surface area contributed by atoms with Crippen LogP contribution in [-0.2, 0) is 9.53 Å².